The summed E-state index contributed by atoms with van der Waals surface area (Å²) in [7, 11) is 0. The van der Waals surface area contributed by atoms with Crippen molar-refractivity contribution in [3.63, 3.8) is 0 Å². The predicted octanol–water partition coefficient (Wildman–Crippen LogP) is -1.43. The second-order valence-corrected chi connectivity index (χ2v) is 10.5. The third-order valence-electron chi connectivity index (χ3n) is 6.14. The van der Waals surface area contributed by atoms with Crippen LogP contribution in [0, 0.1) is 0 Å². The van der Waals surface area contributed by atoms with Gasteiger partial charge in [-0.1, -0.05) is 12.1 Å². The Kier molecular flexibility index (Phi) is 14.1. The number of nitrogens with one attached hydrogen (secondary N) is 4. The number of phenols is 1. The molecule has 0 bridgehead atoms. The molecule has 0 fully saturated rings. The molecule has 1 aromatic carbocycles. The van der Waals surface area contributed by atoms with E-state index in [0.29, 0.717) is 17.9 Å². The maximum Gasteiger partial charge on any atom is 0.326 e. The molecule has 2 aromatic rings. The molecule has 0 spiro atoms. The fourth-order valence-corrected chi connectivity index (χ4v) is 4.37. The third kappa shape index (κ3) is 12.1. The maximum atomic E-state index is 13.4. The van der Waals surface area contributed by atoms with Crippen LogP contribution in [0.1, 0.15) is 30.5 Å². The molecule has 0 aliphatic heterocycles. The summed E-state index contributed by atoms with van der Waals surface area (Å²) in [5.74, 6) is -2.71. The van der Waals surface area contributed by atoms with Crippen LogP contribution in [0.25, 0.3) is 0 Å². The van der Waals surface area contributed by atoms with Gasteiger partial charge in [0, 0.05) is 24.9 Å². The van der Waals surface area contributed by atoms with Crippen molar-refractivity contribution in [1.29, 1.82) is 0 Å². The zero-order chi connectivity index (χ0) is 31.1. The first-order valence-electron chi connectivity index (χ1n) is 13.2. The van der Waals surface area contributed by atoms with Crippen molar-refractivity contribution in [2.24, 2.45) is 22.2 Å². The highest BCUT2D eigenvalue weighted by Crippen LogP contribution is 2.12. The number of aliphatic imine (C=N–C) groups is 1. The standard InChI is InChI=1S/C26H39N9O6S/c1-42-10-8-20(33-22(37)18(27)11-15-4-6-17(36)7-5-15)24(39)34-19(3-2-9-31-26(28)29)23(38)35-21(25(40)41)12-16-13-30-14-32-16/h4-7,13-14,18-21,36H,2-3,8-12,27H2,1H3,(H,30,32)(H,33,37)(H,34,39)(H,35,38)(H,40,41)(H4,28,29,31). The summed E-state index contributed by atoms with van der Waals surface area (Å²) < 4.78 is 0. The van der Waals surface area contributed by atoms with Gasteiger partial charge in [-0.2, -0.15) is 11.8 Å². The van der Waals surface area contributed by atoms with Crippen molar-refractivity contribution >= 4 is 41.4 Å². The van der Waals surface area contributed by atoms with E-state index in [1.54, 1.807) is 12.1 Å². The summed E-state index contributed by atoms with van der Waals surface area (Å²) in [4.78, 5) is 61.8. The molecule has 0 aliphatic carbocycles. The summed E-state index contributed by atoms with van der Waals surface area (Å²) in [5, 5.41) is 26.9. The average Bonchev–Trinajstić information content (AvgIpc) is 3.46. The lowest BCUT2D eigenvalue weighted by Gasteiger charge is -2.25. The van der Waals surface area contributed by atoms with Crippen LogP contribution in [-0.4, -0.2) is 92.6 Å². The second kappa shape index (κ2) is 17.5. The monoisotopic (exact) mass is 605 g/mol. The summed E-state index contributed by atoms with van der Waals surface area (Å²) in [6.07, 6.45) is 5.45. The number of phenolic OH excluding ortho intramolecular Hbond substituents is 1. The van der Waals surface area contributed by atoms with Gasteiger partial charge in [0.25, 0.3) is 0 Å². The van der Waals surface area contributed by atoms with Gasteiger partial charge in [0.15, 0.2) is 5.96 Å². The number of carboxylic acid groups (broad SMARTS) is 1. The molecule has 1 heterocycles. The number of aromatic hydroxyl groups is 1. The molecule has 0 aliphatic rings. The van der Waals surface area contributed by atoms with Crippen LogP contribution in [0.3, 0.4) is 0 Å². The van der Waals surface area contributed by atoms with Gasteiger partial charge in [-0.05, 0) is 55.4 Å². The first kappa shape index (κ1) is 33.9. The number of hydrogen-bond acceptors (Lipinski definition) is 9. The van der Waals surface area contributed by atoms with Crippen LogP contribution >= 0.6 is 11.8 Å². The molecule has 12 N–H and O–H groups in total. The van der Waals surface area contributed by atoms with Gasteiger partial charge in [-0.15, -0.1) is 0 Å². The van der Waals surface area contributed by atoms with E-state index in [1.807, 2.05) is 6.26 Å². The van der Waals surface area contributed by atoms with Gasteiger partial charge in [-0.25, -0.2) is 9.78 Å². The Morgan fingerprint density at radius 2 is 1.60 bits per heavy atom. The summed E-state index contributed by atoms with van der Waals surface area (Å²) >= 11 is 1.47. The van der Waals surface area contributed by atoms with Crippen LogP contribution in [0.4, 0.5) is 0 Å². The highest BCUT2D eigenvalue weighted by Gasteiger charge is 2.30. The minimum atomic E-state index is -1.29. The van der Waals surface area contributed by atoms with Gasteiger partial charge < -0.3 is 48.3 Å². The molecule has 4 unspecified atom stereocenters. The predicted molar refractivity (Wildman–Crippen MR) is 158 cm³/mol. The number of carboxylic acids is 1. The van der Waals surface area contributed by atoms with Crippen molar-refractivity contribution in [3.05, 3.63) is 48.0 Å². The van der Waals surface area contributed by atoms with Gasteiger partial charge >= 0.3 is 5.97 Å². The van der Waals surface area contributed by atoms with Crippen molar-refractivity contribution in [2.75, 3.05) is 18.6 Å². The number of nitrogens with two attached hydrogens (primary N) is 3. The van der Waals surface area contributed by atoms with Crippen LogP contribution in [0.5, 0.6) is 5.75 Å². The van der Waals surface area contributed by atoms with E-state index in [9.17, 15) is 29.4 Å². The smallest absolute Gasteiger partial charge is 0.326 e. The van der Waals surface area contributed by atoms with Crippen molar-refractivity contribution in [3.8, 4) is 5.75 Å². The Balaban J connectivity index is 2.14. The molecule has 3 amide bonds. The molecule has 0 saturated carbocycles. The molecule has 42 heavy (non-hydrogen) atoms. The quantitative estimate of drug-likeness (QED) is 0.0540. The van der Waals surface area contributed by atoms with E-state index in [2.05, 4.69) is 30.9 Å². The number of aromatic amines is 1. The minimum Gasteiger partial charge on any atom is -0.508 e. The van der Waals surface area contributed by atoms with Gasteiger partial charge in [0.1, 0.15) is 23.9 Å². The number of guanidine groups is 1. The number of thioether (sulfide) groups is 1. The molecule has 0 saturated heterocycles. The molecule has 1 aromatic heterocycles. The number of aromatic nitrogens is 2. The van der Waals surface area contributed by atoms with Crippen LogP contribution in [0.2, 0.25) is 0 Å². The molecule has 2 rings (SSSR count). The number of nitrogens with zero attached hydrogens (tertiary/aromatic N) is 2. The number of carbonyl (C=O) groups is 4. The Bertz CT molecular complexity index is 1190. The topological polar surface area (TPSA) is 264 Å². The number of hydrogen-bond donors (Lipinski definition) is 9. The number of H-pyrrole nitrogens is 1. The molecule has 0 radical (unpaired) electrons. The number of amides is 3. The van der Waals surface area contributed by atoms with Gasteiger partial charge in [0.2, 0.25) is 17.7 Å². The normalized spacial score (nSPS) is 13.7. The van der Waals surface area contributed by atoms with E-state index in [4.69, 9.17) is 17.2 Å². The molecule has 4 atom stereocenters. The molecule has 15 nitrogen and oxygen atoms in total. The van der Waals surface area contributed by atoms with Crippen molar-refractivity contribution in [2.45, 2.75) is 56.3 Å². The zero-order valence-corrected chi connectivity index (χ0v) is 24.1. The Hall–Kier alpha value is -4.31. The Morgan fingerprint density at radius 1 is 0.976 bits per heavy atom. The highest BCUT2D eigenvalue weighted by atomic mass is 32.2. The Morgan fingerprint density at radius 3 is 2.17 bits per heavy atom. The molecule has 230 valence electrons. The van der Waals surface area contributed by atoms with Gasteiger partial charge in [-0.3, -0.25) is 19.4 Å². The molecular weight excluding hydrogens is 566 g/mol. The van der Waals surface area contributed by atoms with Crippen LogP contribution in [0.15, 0.2) is 41.8 Å². The first-order chi connectivity index (χ1) is 20.0. The number of rotatable bonds is 18. The number of imidazole rings is 1. The SMILES string of the molecule is CSCCC(NC(=O)C(N)Cc1ccc(O)cc1)C(=O)NC(CCCN=C(N)N)C(=O)NC(Cc1cnc[nH]1)C(=O)O. The zero-order valence-electron chi connectivity index (χ0n) is 23.3. The average molecular weight is 606 g/mol. The van der Waals surface area contributed by atoms with Crippen LogP contribution < -0.4 is 33.2 Å². The van der Waals surface area contributed by atoms with Gasteiger partial charge in [0.05, 0.1) is 12.4 Å². The summed E-state index contributed by atoms with van der Waals surface area (Å²) in [6.45, 7) is 0.178. The Labute approximate surface area is 247 Å². The van der Waals surface area contributed by atoms with E-state index >= 15 is 0 Å². The number of carbonyl (C=O) groups excluding carboxylic acids is 3. The fraction of sp³-hybridized carbons (Fsp3) is 0.462. The third-order valence-corrected chi connectivity index (χ3v) is 6.79. The fourth-order valence-electron chi connectivity index (χ4n) is 3.90. The van der Waals surface area contributed by atoms with E-state index in [1.165, 1.54) is 36.4 Å². The lowest BCUT2D eigenvalue weighted by atomic mass is 10.0. The van der Waals surface area contributed by atoms with Crippen molar-refractivity contribution < 1.29 is 29.4 Å². The van der Waals surface area contributed by atoms with Crippen molar-refractivity contribution in [1.82, 2.24) is 25.9 Å². The first-order valence-corrected chi connectivity index (χ1v) is 14.6. The molecule has 16 heteroatoms. The van der Waals surface area contributed by atoms with E-state index < -0.39 is 47.9 Å². The lowest BCUT2D eigenvalue weighted by Crippen LogP contribution is -2.57. The number of aliphatic carboxylic acids is 1. The highest BCUT2D eigenvalue weighted by molar-refractivity contribution is 7.98. The summed E-state index contributed by atoms with van der Waals surface area (Å²) in [5.41, 5.74) is 18.0. The summed E-state index contributed by atoms with van der Waals surface area (Å²) in [6, 6.07) is 1.83. The number of benzene rings is 1. The lowest BCUT2D eigenvalue weighted by molar-refractivity contribution is -0.142. The van der Waals surface area contributed by atoms with Crippen LogP contribution in [-0.2, 0) is 32.0 Å². The van der Waals surface area contributed by atoms with E-state index in [0.717, 1.165) is 5.56 Å². The largest absolute Gasteiger partial charge is 0.508 e. The van der Waals surface area contributed by atoms with E-state index in [-0.39, 0.29) is 43.9 Å². The maximum absolute atomic E-state index is 13.4. The minimum absolute atomic E-state index is 0.0545. The second-order valence-electron chi connectivity index (χ2n) is 9.51. The molecular formula is C26H39N9O6S.